The number of hydrogen-bond donors (Lipinski definition) is 1. The predicted molar refractivity (Wildman–Crippen MR) is 110 cm³/mol. The minimum atomic E-state index is -0.902. The molecule has 9 heteroatoms. The maximum absolute atomic E-state index is 12.9. The Kier molecular flexibility index (Phi) is 5.23. The summed E-state index contributed by atoms with van der Waals surface area (Å²) < 4.78 is 5.73. The standard InChI is InChI=1S/C21H22N6O3/c1-13-11-23-18(25-19(13)27-7-3-4-8-27)20(28)24-15-12-30-17-9-14(10-22)5-6-16(17)26(2)21(15)29/h5-6,9,11,15H,3-4,7-8,12H2,1-2H3,(H,24,28)/t15-/m0/s1. The second-order valence-corrected chi connectivity index (χ2v) is 7.42. The van der Waals surface area contributed by atoms with Crippen molar-refractivity contribution in [2.75, 3.05) is 36.5 Å². The Labute approximate surface area is 174 Å². The molecule has 0 unspecified atom stereocenters. The number of carbonyl (C=O) groups is 2. The van der Waals surface area contributed by atoms with Crippen molar-refractivity contribution < 1.29 is 14.3 Å². The van der Waals surface area contributed by atoms with Gasteiger partial charge in [0, 0.05) is 38.0 Å². The van der Waals surface area contributed by atoms with Crippen molar-refractivity contribution in [2.24, 2.45) is 0 Å². The molecule has 0 bridgehead atoms. The van der Waals surface area contributed by atoms with Crippen molar-refractivity contribution in [1.82, 2.24) is 15.3 Å². The van der Waals surface area contributed by atoms with Crippen LogP contribution in [0.2, 0.25) is 0 Å². The highest BCUT2D eigenvalue weighted by molar-refractivity contribution is 6.02. The number of amides is 2. The molecule has 2 aliphatic heterocycles. The fourth-order valence-electron chi connectivity index (χ4n) is 3.69. The molecule has 0 aliphatic carbocycles. The van der Waals surface area contributed by atoms with Crippen LogP contribution in [0.1, 0.15) is 34.6 Å². The van der Waals surface area contributed by atoms with Gasteiger partial charge in [0.25, 0.3) is 11.8 Å². The van der Waals surface area contributed by atoms with Gasteiger partial charge in [0.15, 0.2) is 0 Å². The summed E-state index contributed by atoms with van der Waals surface area (Å²) in [4.78, 5) is 37.8. The average molecular weight is 406 g/mol. The highest BCUT2D eigenvalue weighted by Gasteiger charge is 2.31. The van der Waals surface area contributed by atoms with E-state index in [-0.39, 0.29) is 18.3 Å². The summed E-state index contributed by atoms with van der Waals surface area (Å²) in [6.45, 7) is 3.67. The molecule has 9 nitrogen and oxygen atoms in total. The van der Waals surface area contributed by atoms with Gasteiger partial charge < -0.3 is 19.9 Å². The van der Waals surface area contributed by atoms with Gasteiger partial charge in [0.1, 0.15) is 24.2 Å². The zero-order valence-corrected chi connectivity index (χ0v) is 16.9. The molecular formula is C21H22N6O3. The minimum absolute atomic E-state index is 0.0199. The third kappa shape index (κ3) is 3.64. The van der Waals surface area contributed by atoms with E-state index >= 15 is 0 Å². The number of nitriles is 1. The molecule has 1 aromatic carbocycles. The second-order valence-electron chi connectivity index (χ2n) is 7.42. The van der Waals surface area contributed by atoms with Crippen molar-refractivity contribution in [3.63, 3.8) is 0 Å². The Morgan fingerprint density at radius 1 is 1.33 bits per heavy atom. The first-order chi connectivity index (χ1) is 14.5. The van der Waals surface area contributed by atoms with Crippen LogP contribution in [0.25, 0.3) is 0 Å². The Bertz CT molecular complexity index is 1040. The van der Waals surface area contributed by atoms with Crippen LogP contribution in [0.15, 0.2) is 24.4 Å². The molecule has 154 valence electrons. The third-order valence-electron chi connectivity index (χ3n) is 5.34. The molecule has 1 fully saturated rings. The Hall–Kier alpha value is -3.67. The summed E-state index contributed by atoms with van der Waals surface area (Å²) in [5.74, 6) is 0.342. The van der Waals surface area contributed by atoms with E-state index in [0.29, 0.717) is 17.0 Å². The van der Waals surface area contributed by atoms with Gasteiger partial charge >= 0.3 is 0 Å². The van der Waals surface area contributed by atoms with Crippen molar-refractivity contribution in [1.29, 1.82) is 5.26 Å². The highest BCUT2D eigenvalue weighted by atomic mass is 16.5. The molecule has 2 aliphatic rings. The summed E-state index contributed by atoms with van der Waals surface area (Å²) in [5, 5.41) is 11.8. The number of rotatable bonds is 3. The molecule has 0 saturated carbocycles. The first kappa shape index (κ1) is 19.6. The number of carbonyl (C=O) groups excluding carboxylic acids is 2. The van der Waals surface area contributed by atoms with Crippen LogP contribution < -0.4 is 19.9 Å². The number of likely N-dealkylation sites (N-methyl/N-ethyl adjacent to an activating group) is 1. The molecule has 0 radical (unpaired) electrons. The number of fused-ring (bicyclic) bond motifs is 1. The number of benzene rings is 1. The van der Waals surface area contributed by atoms with Gasteiger partial charge in [-0.3, -0.25) is 9.59 Å². The van der Waals surface area contributed by atoms with E-state index in [2.05, 4.69) is 20.2 Å². The van der Waals surface area contributed by atoms with Crippen LogP contribution in [0.4, 0.5) is 11.5 Å². The zero-order chi connectivity index (χ0) is 21.3. The van der Waals surface area contributed by atoms with Gasteiger partial charge in [-0.05, 0) is 31.9 Å². The fourth-order valence-corrected chi connectivity index (χ4v) is 3.69. The topological polar surface area (TPSA) is 111 Å². The number of aromatic nitrogens is 2. The molecule has 3 heterocycles. The molecule has 0 spiro atoms. The van der Waals surface area contributed by atoms with Crippen LogP contribution in [0, 0.1) is 18.3 Å². The molecule has 1 atom stereocenters. The van der Waals surface area contributed by atoms with Crippen molar-refractivity contribution in [3.8, 4) is 11.8 Å². The quantitative estimate of drug-likeness (QED) is 0.820. The number of anilines is 2. The smallest absolute Gasteiger partial charge is 0.289 e. The van der Waals surface area contributed by atoms with Gasteiger partial charge in [0.2, 0.25) is 5.82 Å². The second kappa shape index (κ2) is 7.99. The van der Waals surface area contributed by atoms with Gasteiger partial charge in [-0.1, -0.05) is 0 Å². The summed E-state index contributed by atoms with van der Waals surface area (Å²) in [6.07, 6.45) is 3.82. The van der Waals surface area contributed by atoms with Crippen molar-refractivity contribution in [3.05, 3.63) is 41.3 Å². The fraction of sp³-hybridized carbons (Fsp3) is 0.381. The number of ether oxygens (including phenoxy) is 1. The van der Waals surface area contributed by atoms with Crippen molar-refractivity contribution >= 4 is 23.3 Å². The maximum Gasteiger partial charge on any atom is 0.289 e. The van der Waals surface area contributed by atoms with E-state index in [4.69, 9.17) is 10.00 Å². The molecule has 2 aromatic rings. The largest absolute Gasteiger partial charge is 0.489 e. The monoisotopic (exact) mass is 406 g/mol. The van der Waals surface area contributed by atoms with E-state index < -0.39 is 11.9 Å². The van der Waals surface area contributed by atoms with Crippen LogP contribution in [-0.4, -0.2) is 54.6 Å². The Morgan fingerprint density at radius 2 is 2.10 bits per heavy atom. The molecule has 2 amide bonds. The first-order valence-electron chi connectivity index (χ1n) is 9.82. The number of aryl methyl sites for hydroxylation is 1. The SMILES string of the molecule is Cc1cnc(C(=O)N[C@H]2COc3cc(C#N)ccc3N(C)C2=O)nc1N1CCCC1. The average Bonchev–Trinajstić information content (AvgIpc) is 3.26. The molecule has 1 aromatic heterocycles. The Balaban J connectivity index is 1.53. The van der Waals surface area contributed by atoms with Crippen LogP contribution in [0.5, 0.6) is 5.75 Å². The number of nitrogens with zero attached hydrogens (tertiary/aromatic N) is 5. The zero-order valence-electron chi connectivity index (χ0n) is 16.9. The summed E-state index contributed by atoms with van der Waals surface area (Å²) >= 11 is 0. The lowest BCUT2D eigenvalue weighted by molar-refractivity contribution is -0.120. The van der Waals surface area contributed by atoms with Crippen LogP contribution in [-0.2, 0) is 4.79 Å². The molecule has 1 N–H and O–H groups in total. The lowest BCUT2D eigenvalue weighted by atomic mass is 10.2. The van der Waals surface area contributed by atoms with Crippen LogP contribution in [0.3, 0.4) is 0 Å². The molecule has 4 rings (SSSR count). The summed E-state index contributed by atoms with van der Waals surface area (Å²) in [6, 6.07) is 5.99. The molecular weight excluding hydrogens is 384 g/mol. The van der Waals surface area contributed by atoms with E-state index in [0.717, 1.165) is 37.3 Å². The predicted octanol–water partition coefficient (Wildman–Crippen LogP) is 1.41. The van der Waals surface area contributed by atoms with E-state index in [1.54, 1.807) is 31.4 Å². The van der Waals surface area contributed by atoms with Gasteiger partial charge in [0.05, 0.1) is 17.3 Å². The lowest BCUT2D eigenvalue weighted by Gasteiger charge is -2.21. The van der Waals surface area contributed by atoms with Gasteiger partial charge in [-0.15, -0.1) is 0 Å². The van der Waals surface area contributed by atoms with E-state index in [9.17, 15) is 9.59 Å². The molecule has 1 saturated heterocycles. The molecule has 30 heavy (non-hydrogen) atoms. The van der Waals surface area contributed by atoms with E-state index in [1.807, 2.05) is 13.0 Å². The number of hydrogen-bond acceptors (Lipinski definition) is 7. The maximum atomic E-state index is 12.9. The summed E-state index contributed by atoms with van der Waals surface area (Å²) in [5.41, 5.74) is 1.88. The van der Waals surface area contributed by atoms with Gasteiger partial charge in [-0.2, -0.15) is 5.26 Å². The minimum Gasteiger partial charge on any atom is -0.489 e. The van der Waals surface area contributed by atoms with E-state index in [1.165, 1.54) is 4.90 Å². The van der Waals surface area contributed by atoms with Crippen molar-refractivity contribution in [2.45, 2.75) is 25.8 Å². The third-order valence-corrected chi connectivity index (χ3v) is 5.34. The van der Waals surface area contributed by atoms with Crippen LogP contribution >= 0.6 is 0 Å². The number of nitrogens with one attached hydrogen (secondary N) is 1. The summed E-state index contributed by atoms with van der Waals surface area (Å²) in [7, 11) is 1.61. The van der Waals surface area contributed by atoms with Gasteiger partial charge in [-0.25, -0.2) is 9.97 Å². The first-order valence-corrected chi connectivity index (χ1v) is 9.82. The normalized spacial score (nSPS) is 18.3. The highest BCUT2D eigenvalue weighted by Crippen LogP contribution is 2.31. The Morgan fingerprint density at radius 3 is 2.83 bits per heavy atom. The lowest BCUT2D eigenvalue weighted by Crippen LogP contribution is -2.49.